The fourth-order valence-electron chi connectivity index (χ4n) is 4.09. The van der Waals surface area contributed by atoms with Crippen molar-refractivity contribution < 1.29 is 23.9 Å². The van der Waals surface area contributed by atoms with Crippen molar-refractivity contribution >= 4 is 52.5 Å². The zero-order chi connectivity index (χ0) is 26.6. The minimum Gasteiger partial charge on any atom is -0.497 e. The molecule has 0 spiro atoms. The molecule has 0 bridgehead atoms. The largest absolute Gasteiger partial charge is 0.497 e. The molecule has 0 saturated carbocycles. The highest BCUT2D eigenvalue weighted by molar-refractivity contribution is 8.01. The molecule has 15 heteroatoms. The van der Waals surface area contributed by atoms with Gasteiger partial charge in [0.2, 0.25) is 5.91 Å². The van der Waals surface area contributed by atoms with Crippen LogP contribution in [0.25, 0.3) is 0 Å². The lowest BCUT2D eigenvalue weighted by Crippen LogP contribution is -2.62. The summed E-state index contributed by atoms with van der Waals surface area (Å²) >= 11 is 4.48. The molecule has 0 N–H and O–H groups in total. The molecular formula is C23H23N7O5S3. The van der Waals surface area contributed by atoms with Crippen molar-refractivity contribution in [2.24, 2.45) is 5.92 Å². The minimum absolute atomic E-state index is 0.01000. The summed E-state index contributed by atoms with van der Waals surface area (Å²) in [7, 11) is 1.58. The lowest BCUT2D eigenvalue weighted by molar-refractivity contribution is -0.156. The second kappa shape index (κ2) is 11.6. The zero-order valence-electron chi connectivity index (χ0n) is 20.5. The molecule has 2 atom stereocenters. The summed E-state index contributed by atoms with van der Waals surface area (Å²) in [5.74, 6) is 0.190. The average molecular weight is 574 g/mol. The Hall–Kier alpha value is -3.30. The zero-order valence-corrected chi connectivity index (χ0v) is 22.9. The van der Waals surface area contributed by atoms with E-state index in [-0.39, 0.29) is 42.3 Å². The van der Waals surface area contributed by atoms with Crippen LogP contribution in [0.4, 0.5) is 0 Å². The molecule has 1 fully saturated rings. The smallest absolute Gasteiger partial charge is 0.355 e. The molecule has 12 nitrogen and oxygen atoms in total. The number of thioether (sulfide) groups is 2. The van der Waals surface area contributed by atoms with Gasteiger partial charge in [-0.15, -0.1) is 27.1 Å². The first kappa shape index (κ1) is 26.3. The molecule has 0 radical (unpaired) electrons. The Morgan fingerprint density at radius 2 is 2.03 bits per heavy atom. The maximum absolute atomic E-state index is 13.4. The molecule has 198 valence electrons. The second-order valence-corrected chi connectivity index (χ2v) is 12.0. The number of amides is 1. The van der Waals surface area contributed by atoms with Gasteiger partial charge < -0.3 is 9.47 Å². The molecule has 1 aromatic carbocycles. The van der Waals surface area contributed by atoms with Gasteiger partial charge in [-0.1, -0.05) is 35.2 Å². The van der Waals surface area contributed by atoms with Gasteiger partial charge in [0.15, 0.2) is 10.1 Å². The monoisotopic (exact) mass is 573 g/mol. The van der Waals surface area contributed by atoms with Gasteiger partial charge in [0.1, 0.15) is 35.9 Å². The highest BCUT2D eigenvalue weighted by Gasteiger charge is 2.54. The van der Waals surface area contributed by atoms with Crippen molar-refractivity contribution in [3.63, 3.8) is 0 Å². The average Bonchev–Trinajstić information content (AvgIpc) is 3.60. The first-order valence-corrected chi connectivity index (χ1v) is 14.4. The fraction of sp³-hybridized carbons (Fsp3) is 0.391. The number of hydrogen-bond acceptors (Lipinski definition) is 13. The minimum atomic E-state index is -0.568. The number of hydrogen-bond donors (Lipinski definition) is 0. The number of ketones is 1. The number of Topliss-reactive ketones (excluding diaryl/α,β-unsaturated/α-hetero) is 1. The summed E-state index contributed by atoms with van der Waals surface area (Å²) in [4.78, 5) is 40.7. The van der Waals surface area contributed by atoms with Gasteiger partial charge in [-0.2, -0.15) is 0 Å². The Bertz CT molecular complexity index is 1360. The van der Waals surface area contributed by atoms with Crippen molar-refractivity contribution in [2.75, 3.05) is 18.6 Å². The van der Waals surface area contributed by atoms with E-state index in [9.17, 15) is 14.4 Å². The van der Waals surface area contributed by atoms with Gasteiger partial charge in [0.05, 0.1) is 18.4 Å². The number of nitrogens with zero attached hydrogens (tertiary/aromatic N) is 7. The number of β-lactam (4-membered cyclic amide) rings is 1. The Labute approximate surface area is 230 Å². The predicted molar refractivity (Wildman–Crippen MR) is 139 cm³/mol. The summed E-state index contributed by atoms with van der Waals surface area (Å²) < 4.78 is 12.9. The lowest BCUT2D eigenvalue weighted by Gasteiger charge is -2.49. The number of aryl methyl sites for hydroxylation is 1. The Kier molecular flexibility index (Phi) is 8.04. The highest BCUT2D eigenvalue weighted by atomic mass is 32.2. The fourth-order valence-corrected chi connectivity index (χ4v) is 7.45. The molecule has 2 aliphatic rings. The van der Waals surface area contributed by atoms with Crippen LogP contribution >= 0.6 is 34.9 Å². The number of methoxy groups -OCH3 is 1. The van der Waals surface area contributed by atoms with E-state index in [1.165, 1.54) is 39.0 Å². The number of fused-ring (bicyclic) bond motifs is 1. The third-order valence-electron chi connectivity index (χ3n) is 5.93. The summed E-state index contributed by atoms with van der Waals surface area (Å²) in [6, 6.07) is 7.21. The molecule has 2 aromatic heterocycles. The Balaban J connectivity index is 1.31. The Morgan fingerprint density at radius 3 is 2.71 bits per heavy atom. The second-order valence-electron chi connectivity index (χ2n) is 8.52. The summed E-state index contributed by atoms with van der Waals surface area (Å²) in [6.07, 6.45) is 1.40. The number of aromatic nitrogens is 6. The van der Waals surface area contributed by atoms with Gasteiger partial charge in [0.25, 0.3) is 0 Å². The van der Waals surface area contributed by atoms with Crippen LogP contribution in [0.1, 0.15) is 17.0 Å². The topological polar surface area (TPSA) is 142 Å². The van der Waals surface area contributed by atoms with Crippen molar-refractivity contribution in [2.45, 2.75) is 36.2 Å². The van der Waals surface area contributed by atoms with Crippen LogP contribution in [0.15, 0.2) is 46.2 Å². The molecule has 3 aromatic rings. The number of tetrazole rings is 1. The van der Waals surface area contributed by atoms with Crippen LogP contribution in [0.3, 0.4) is 0 Å². The van der Waals surface area contributed by atoms with E-state index in [4.69, 9.17) is 9.47 Å². The van der Waals surface area contributed by atoms with Gasteiger partial charge >= 0.3 is 5.97 Å². The maximum Gasteiger partial charge on any atom is 0.355 e. The van der Waals surface area contributed by atoms with Crippen molar-refractivity contribution in [3.05, 3.63) is 52.4 Å². The van der Waals surface area contributed by atoms with Gasteiger partial charge in [-0.3, -0.25) is 14.5 Å². The standard InChI is InChI=1S/C23H23N7O5S3/c1-13-25-26-23(38-13)37-11-15-10-36-21-18(7-16(31)8-29-12-24-27-28-29)20(32)30(21)19(15)22(33)35-9-14-3-5-17(34-2)6-4-14/h3-6,12,18,21H,7-11H2,1-2H3/t18-,21-/m1/s1. The number of ether oxygens (including phenoxy) is 2. The van der Waals surface area contributed by atoms with Crippen LogP contribution < -0.4 is 4.74 Å². The number of carbonyl (C=O) groups excluding carboxylic acids is 3. The van der Waals surface area contributed by atoms with Gasteiger partial charge in [0, 0.05) is 17.9 Å². The molecule has 1 amide bonds. The lowest BCUT2D eigenvalue weighted by atomic mass is 9.90. The normalized spacial score (nSPS) is 18.7. The third-order valence-corrected chi connectivity index (χ3v) is 9.39. The predicted octanol–water partition coefficient (Wildman–Crippen LogP) is 2.12. The van der Waals surface area contributed by atoms with E-state index >= 15 is 0 Å². The summed E-state index contributed by atoms with van der Waals surface area (Å²) in [6.45, 7) is 1.92. The van der Waals surface area contributed by atoms with E-state index in [1.54, 1.807) is 31.0 Å². The summed E-state index contributed by atoms with van der Waals surface area (Å²) in [5.41, 5.74) is 1.84. The first-order chi connectivity index (χ1) is 18.4. The van der Waals surface area contributed by atoms with E-state index in [0.29, 0.717) is 17.3 Å². The first-order valence-electron chi connectivity index (χ1n) is 11.5. The molecule has 4 heterocycles. The molecule has 1 saturated heterocycles. The van der Waals surface area contributed by atoms with Crippen molar-refractivity contribution in [1.82, 2.24) is 35.3 Å². The molecule has 0 aliphatic carbocycles. The molecule has 2 aliphatic heterocycles. The van der Waals surface area contributed by atoms with Crippen LogP contribution in [0.5, 0.6) is 5.75 Å². The van der Waals surface area contributed by atoms with Crippen molar-refractivity contribution in [3.8, 4) is 5.75 Å². The quantitative estimate of drug-likeness (QED) is 0.188. The Morgan fingerprint density at radius 1 is 1.21 bits per heavy atom. The van der Waals surface area contributed by atoms with E-state index in [0.717, 1.165) is 20.5 Å². The number of esters is 1. The third kappa shape index (κ3) is 5.73. The van der Waals surface area contributed by atoms with Gasteiger partial charge in [-0.25, -0.2) is 9.48 Å². The van der Waals surface area contributed by atoms with Crippen LogP contribution in [0.2, 0.25) is 0 Å². The number of benzene rings is 1. The SMILES string of the molecule is COc1ccc(COC(=O)C2=C(CSc3nnc(C)s3)CS[C@@H]3[C@H](CC(=O)Cn4cnnn4)C(=O)N23)cc1. The van der Waals surface area contributed by atoms with Gasteiger partial charge in [-0.05, 0) is 40.6 Å². The molecule has 38 heavy (non-hydrogen) atoms. The molecule has 0 unspecified atom stereocenters. The van der Waals surface area contributed by atoms with Crippen molar-refractivity contribution in [1.29, 1.82) is 0 Å². The molecule has 5 rings (SSSR count). The van der Waals surface area contributed by atoms with Crippen LogP contribution in [-0.4, -0.2) is 77.0 Å². The van der Waals surface area contributed by atoms with Crippen LogP contribution in [0, 0.1) is 12.8 Å². The highest BCUT2D eigenvalue weighted by Crippen LogP contribution is 2.46. The van der Waals surface area contributed by atoms with E-state index in [2.05, 4.69) is 25.7 Å². The van der Waals surface area contributed by atoms with Crippen LogP contribution in [-0.2, 0) is 32.3 Å². The summed E-state index contributed by atoms with van der Waals surface area (Å²) in [5, 5.41) is 19.5. The number of carbonyl (C=O) groups is 3. The maximum atomic E-state index is 13.4. The number of rotatable bonds is 11. The molecular weight excluding hydrogens is 550 g/mol. The van der Waals surface area contributed by atoms with E-state index in [1.807, 2.05) is 19.1 Å². The van der Waals surface area contributed by atoms with E-state index < -0.39 is 11.9 Å².